The van der Waals surface area contributed by atoms with Crippen molar-refractivity contribution in [1.29, 1.82) is 0 Å². The van der Waals surface area contributed by atoms with E-state index < -0.39 is 23.3 Å². The Balaban J connectivity index is 2.39. The first-order valence-electron chi connectivity index (χ1n) is 6.29. The van der Waals surface area contributed by atoms with Crippen molar-refractivity contribution in [1.82, 2.24) is 4.90 Å². The highest BCUT2D eigenvalue weighted by Crippen LogP contribution is 2.31. The standard InChI is InChI=1S/C13H14N2O5S/c1-21-9-4-5-11(15(19)20)10(6-9)13(18)14(7-12(16)17)8-2-3-8/h4-6,8H,2-3,7H2,1H3,(H,16,17). The highest BCUT2D eigenvalue weighted by Gasteiger charge is 2.36. The van der Waals surface area contributed by atoms with Gasteiger partial charge in [0.1, 0.15) is 12.1 Å². The SMILES string of the molecule is CSc1ccc([N+](=O)[O-])c(C(=O)N(CC(=O)O)C2CC2)c1. The molecule has 112 valence electrons. The Morgan fingerprint density at radius 2 is 2.14 bits per heavy atom. The molecular formula is C13H14N2O5S. The van der Waals surface area contributed by atoms with Crippen LogP contribution in [-0.4, -0.2) is 45.6 Å². The van der Waals surface area contributed by atoms with Crippen molar-refractivity contribution in [3.63, 3.8) is 0 Å². The lowest BCUT2D eigenvalue weighted by Gasteiger charge is -2.20. The molecule has 8 heteroatoms. The van der Waals surface area contributed by atoms with Gasteiger partial charge in [-0.15, -0.1) is 11.8 Å². The van der Waals surface area contributed by atoms with Crippen molar-refractivity contribution in [3.05, 3.63) is 33.9 Å². The van der Waals surface area contributed by atoms with Gasteiger partial charge in [-0.3, -0.25) is 19.7 Å². The van der Waals surface area contributed by atoms with Crippen molar-refractivity contribution < 1.29 is 19.6 Å². The summed E-state index contributed by atoms with van der Waals surface area (Å²) in [6.45, 7) is -0.440. The first kappa shape index (κ1) is 15.3. The number of hydrogen-bond donors (Lipinski definition) is 1. The molecule has 0 heterocycles. The average Bonchev–Trinajstić information content (AvgIpc) is 3.27. The van der Waals surface area contributed by atoms with Gasteiger partial charge in [-0.1, -0.05) is 0 Å². The number of carboxylic acid groups (broad SMARTS) is 1. The van der Waals surface area contributed by atoms with E-state index in [0.29, 0.717) is 0 Å². The largest absolute Gasteiger partial charge is 0.480 e. The Morgan fingerprint density at radius 3 is 2.62 bits per heavy atom. The fourth-order valence-corrected chi connectivity index (χ4v) is 2.47. The number of rotatable bonds is 6. The minimum atomic E-state index is -1.13. The zero-order valence-corrected chi connectivity index (χ0v) is 12.1. The summed E-state index contributed by atoms with van der Waals surface area (Å²) in [6.07, 6.45) is 3.26. The predicted octanol–water partition coefficient (Wildman–Crippen LogP) is 2.01. The zero-order chi connectivity index (χ0) is 15.6. The van der Waals surface area contributed by atoms with Gasteiger partial charge in [0.25, 0.3) is 11.6 Å². The van der Waals surface area contributed by atoms with E-state index in [1.54, 1.807) is 12.3 Å². The van der Waals surface area contributed by atoms with E-state index in [9.17, 15) is 19.7 Å². The van der Waals surface area contributed by atoms with Crippen LogP contribution < -0.4 is 0 Å². The first-order chi connectivity index (χ1) is 9.93. The molecule has 1 aromatic rings. The predicted molar refractivity (Wildman–Crippen MR) is 76.6 cm³/mol. The number of hydrogen-bond acceptors (Lipinski definition) is 5. The van der Waals surface area contributed by atoms with Crippen LogP contribution in [-0.2, 0) is 4.79 Å². The summed E-state index contributed by atoms with van der Waals surface area (Å²) in [6, 6.07) is 4.16. The third kappa shape index (κ3) is 3.52. The van der Waals surface area contributed by atoms with Crippen LogP contribution in [0.1, 0.15) is 23.2 Å². The summed E-state index contributed by atoms with van der Waals surface area (Å²) in [5.41, 5.74) is -0.353. The summed E-state index contributed by atoms with van der Waals surface area (Å²) in [4.78, 5) is 35.8. The van der Waals surface area contributed by atoms with Gasteiger partial charge in [-0.05, 0) is 31.2 Å². The van der Waals surface area contributed by atoms with E-state index >= 15 is 0 Å². The quantitative estimate of drug-likeness (QED) is 0.490. The fraction of sp³-hybridized carbons (Fsp3) is 0.385. The normalized spacial score (nSPS) is 13.8. The number of thioether (sulfide) groups is 1. The smallest absolute Gasteiger partial charge is 0.323 e. The monoisotopic (exact) mass is 310 g/mol. The molecule has 2 rings (SSSR count). The summed E-state index contributed by atoms with van der Waals surface area (Å²) >= 11 is 1.36. The van der Waals surface area contributed by atoms with Crippen molar-refractivity contribution in [3.8, 4) is 0 Å². The van der Waals surface area contributed by atoms with Crippen molar-refractivity contribution in [2.45, 2.75) is 23.8 Å². The molecule has 21 heavy (non-hydrogen) atoms. The molecule has 1 fully saturated rings. The van der Waals surface area contributed by atoms with Crippen LogP contribution >= 0.6 is 11.8 Å². The second kappa shape index (κ2) is 6.13. The van der Waals surface area contributed by atoms with Gasteiger partial charge in [0.15, 0.2) is 0 Å². The number of aliphatic carboxylic acids is 1. The highest BCUT2D eigenvalue weighted by atomic mass is 32.2. The number of amides is 1. The first-order valence-corrected chi connectivity index (χ1v) is 7.51. The van der Waals surface area contributed by atoms with Crippen LogP contribution in [0.4, 0.5) is 5.69 Å². The number of carboxylic acids is 1. The van der Waals surface area contributed by atoms with E-state index in [2.05, 4.69) is 0 Å². The van der Waals surface area contributed by atoms with Gasteiger partial charge in [-0.2, -0.15) is 0 Å². The van der Waals surface area contributed by atoms with Gasteiger partial charge in [-0.25, -0.2) is 0 Å². The van der Waals surface area contributed by atoms with E-state index in [1.807, 2.05) is 0 Å². The average molecular weight is 310 g/mol. The number of nitrogens with zero attached hydrogens (tertiary/aromatic N) is 2. The number of carbonyl (C=O) groups is 2. The Kier molecular flexibility index (Phi) is 4.46. The Labute approximate surface area is 125 Å². The van der Waals surface area contributed by atoms with Crippen LogP contribution in [0, 0.1) is 10.1 Å². The lowest BCUT2D eigenvalue weighted by Crippen LogP contribution is -2.37. The van der Waals surface area contributed by atoms with E-state index in [1.165, 1.54) is 28.8 Å². The summed E-state index contributed by atoms with van der Waals surface area (Å²) < 4.78 is 0. The van der Waals surface area contributed by atoms with Gasteiger partial charge in [0.05, 0.1) is 4.92 Å². The minimum Gasteiger partial charge on any atom is -0.480 e. The Bertz CT molecular complexity index is 600. The molecule has 1 aliphatic rings. The van der Waals surface area contributed by atoms with Gasteiger partial charge >= 0.3 is 5.97 Å². The third-order valence-electron chi connectivity index (χ3n) is 3.18. The van der Waals surface area contributed by atoms with Gasteiger partial charge < -0.3 is 10.0 Å². The van der Waals surface area contributed by atoms with E-state index in [0.717, 1.165) is 17.7 Å². The lowest BCUT2D eigenvalue weighted by atomic mass is 10.1. The lowest BCUT2D eigenvalue weighted by molar-refractivity contribution is -0.385. The molecule has 0 aliphatic heterocycles. The molecule has 0 saturated heterocycles. The number of carbonyl (C=O) groups excluding carboxylic acids is 1. The summed E-state index contributed by atoms with van der Waals surface area (Å²) in [7, 11) is 0. The molecule has 1 aliphatic carbocycles. The number of nitro groups is 1. The van der Waals surface area contributed by atoms with Crippen LogP contribution in [0.25, 0.3) is 0 Å². The number of benzene rings is 1. The highest BCUT2D eigenvalue weighted by molar-refractivity contribution is 7.98. The fourth-order valence-electron chi connectivity index (χ4n) is 2.03. The molecule has 0 unspecified atom stereocenters. The summed E-state index contributed by atoms with van der Waals surface area (Å²) in [5.74, 6) is -1.72. The van der Waals surface area contributed by atoms with Gasteiger partial charge in [0.2, 0.25) is 0 Å². The van der Waals surface area contributed by atoms with Crippen molar-refractivity contribution in [2.24, 2.45) is 0 Å². The molecule has 7 nitrogen and oxygen atoms in total. The minimum absolute atomic E-state index is 0.0556. The second-order valence-corrected chi connectivity index (χ2v) is 5.58. The molecule has 0 spiro atoms. The Morgan fingerprint density at radius 1 is 1.48 bits per heavy atom. The Hall–Kier alpha value is -2.09. The molecule has 1 N–H and O–H groups in total. The van der Waals surface area contributed by atoms with Crippen LogP contribution in [0.2, 0.25) is 0 Å². The molecule has 0 radical (unpaired) electrons. The van der Waals surface area contributed by atoms with E-state index in [-0.39, 0.29) is 17.3 Å². The summed E-state index contributed by atoms with van der Waals surface area (Å²) in [5, 5.41) is 20.0. The van der Waals surface area contributed by atoms with Crippen LogP contribution in [0.3, 0.4) is 0 Å². The number of nitro benzene ring substituents is 1. The van der Waals surface area contributed by atoms with Crippen LogP contribution in [0.15, 0.2) is 23.1 Å². The molecular weight excluding hydrogens is 296 g/mol. The zero-order valence-electron chi connectivity index (χ0n) is 11.3. The molecule has 0 atom stereocenters. The molecule has 1 saturated carbocycles. The second-order valence-electron chi connectivity index (χ2n) is 4.70. The third-order valence-corrected chi connectivity index (χ3v) is 3.91. The molecule has 1 amide bonds. The van der Waals surface area contributed by atoms with Gasteiger partial charge in [0, 0.05) is 17.0 Å². The van der Waals surface area contributed by atoms with Crippen molar-refractivity contribution in [2.75, 3.05) is 12.8 Å². The maximum absolute atomic E-state index is 12.5. The van der Waals surface area contributed by atoms with E-state index in [4.69, 9.17) is 5.11 Å². The topological polar surface area (TPSA) is 101 Å². The van der Waals surface area contributed by atoms with Crippen LogP contribution in [0.5, 0.6) is 0 Å². The maximum Gasteiger partial charge on any atom is 0.323 e. The molecule has 0 aromatic heterocycles. The molecule has 0 bridgehead atoms. The molecule has 1 aromatic carbocycles. The van der Waals surface area contributed by atoms with Crippen molar-refractivity contribution >= 4 is 29.3 Å². The maximum atomic E-state index is 12.5.